The molecular formula is C41H66O15. The summed E-state index contributed by atoms with van der Waals surface area (Å²) >= 11 is 0. The van der Waals surface area contributed by atoms with Gasteiger partial charge in [0.05, 0.1) is 31.0 Å². The van der Waals surface area contributed by atoms with Gasteiger partial charge in [0.15, 0.2) is 18.4 Å². The fourth-order valence-electron chi connectivity index (χ4n) is 14.2. The largest absolute Gasteiger partial charge is 0.394 e. The highest BCUT2D eigenvalue weighted by Crippen LogP contribution is 2.88. The standard InChI is InChI=1S/C41H66O15/c1-18-14-20(31(36(4,5)50)55-33-29(48)27(46)26(45)21(15-42)53-33)56-41(51)30(18)37(6)12-13-40-17-39(40)11-10-24(54-32-28(47)25(44)19(43)16-52-32)35(2,3)22(39)8-9-23(40)38(37,7)34(41)49/h9,18-22,24-34,42-51H,8,10-17H2,1-7H3/t18-,19-,20-,21-,22+,24+,25+,26-,27+,28-,29-,30-,31-,32+,33+,34-,37-,38-,39-,40+,41-/m1/s1. The van der Waals surface area contributed by atoms with Gasteiger partial charge < -0.3 is 74.7 Å². The summed E-state index contributed by atoms with van der Waals surface area (Å²) in [4.78, 5) is 0. The van der Waals surface area contributed by atoms with E-state index in [9.17, 15) is 51.1 Å². The molecule has 5 aliphatic carbocycles. The first-order valence-corrected chi connectivity index (χ1v) is 20.8. The van der Waals surface area contributed by atoms with Crippen LogP contribution in [0.2, 0.25) is 0 Å². The van der Waals surface area contributed by atoms with Crippen LogP contribution in [0.4, 0.5) is 0 Å². The van der Waals surface area contributed by atoms with Crippen molar-refractivity contribution in [2.75, 3.05) is 13.2 Å². The number of allylic oxidation sites excluding steroid dienone is 1. The second-order valence-corrected chi connectivity index (χ2v) is 20.6. The predicted octanol–water partition coefficient (Wildman–Crippen LogP) is -0.180. The van der Waals surface area contributed by atoms with E-state index in [0.717, 1.165) is 32.1 Å². The highest BCUT2D eigenvalue weighted by atomic mass is 16.7. The van der Waals surface area contributed by atoms with Gasteiger partial charge in [0.2, 0.25) is 0 Å². The number of hydrogen-bond acceptors (Lipinski definition) is 15. The fourth-order valence-corrected chi connectivity index (χ4v) is 14.2. The van der Waals surface area contributed by atoms with Crippen molar-refractivity contribution in [2.45, 2.75) is 185 Å². The molecule has 320 valence electrons. The Morgan fingerprint density at radius 3 is 2.25 bits per heavy atom. The molecular weight excluding hydrogens is 732 g/mol. The lowest BCUT2D eigenvalue weighted by atomic mass is 9.44. The Labute approximate surface area is 328 Å². The molecule has 15 heteroatoms. The molecule has 3 saturated heterocycles. The third-order valence-corrected chi connectivity index (χ3v) is 17.1. The molecule has 8 rings (SSSR count). The van der Waals surface area contributed by atoms with Gasteiger partial charge in [0.25, 0.3) is 0 Å². The lowest BCUT2D eigenvalue weighted by Crippen LogP contribution is -2.64. The minimum atomic E-state index is -2.04. The van der Waals surface area contributed by atoms with E-state index < -0.39 is 108 Å². The molecule has 0 aromatic heterocycles. The summed E-state index contributed by atoms with van der Waals surface area (Å²) in [6.07, 6.45) is -9.02. The summed E-state index contributed by atoms with van der Waals surface area (Å²) in [5, 5.41) is 109. The van der Waals surface area contributed by atoms with Gasteiger partial charge in [0.1, 0.15) is 54.9 Å². The first-order valence-electron chi connectivity index (χ1n) is 20.8. The molecule has 0 aromatic rings. The maximum atomic E-state index is 12.9. The van der Waals surface area contributed by atoms with Gasteiger partial charge in [0, 0.05) is 11.3 Å². The molecule has 0 aromatic carbocycles. The molecule has 15 nitrogen and oxygen atoms in total. The molecule has 10 N–H and O–H groups in total. The van der Waals surface area contributed by atoms with Crippen molar-refractivity contribution in [3.8, 4) is 0 Å². The topological polar surface area (TPSA) is 248 Å². The predicted molar refractivity (Wildman–Crippen MR) is 195 cm³/mol. The van der Waals surface area contributed by atoms with Crippen LogP contribution >= 0.6 is 0 Å². The Morgan fingerprint density at radius 1 is 0.911 bits per heavy atom. The van der Waals surface area contributed by atoms with Crippen LogP contribution in [-0.4, -0.2) is 155 Å². The average molecular weight is 799 g/mol. The Kier molecular flexibility index (Phi) is 9.95. The molecule has 7 fully saturated rings. The van der Waals surface area contributed by atoms with Crippen LogP contribution in [0.1, 0.15) is 93.4 Å². The average Bonchev–Trinajstić information content (AvgIpc) is 3.76. The summed E-state index contributed by atoms with van der Waals surface area (Å²) < 4.78 is 30.5. The van der Waals surface area contributed by atoms with Gasteiger partial charge in [-0.05, 0) is 92.3 Å². The van der Waals surface area contributed by atoms with Gasteiger partial charge in [-0.25, -0.2) is 0 Å². The van der Waals surface area contributed by atoms with Crippen molar-refractivity contribution in [3.63, 3.8) is 0 Å². The van der Waals surface area contributed by atoms with Crippen LogP contribution in [0.3, 0.4) is 0 Å². The summed E-state index contributed by atoms with van der Waals surface area (Å²) in [5.41, 5.74) is -2.48. The van der Waals surface area contributed by atoms with Crippen LogP contribution in [-0.2, 0) is 23.7 Å². The number of aliphatic hydroxyl groups excluding tert-OH is 8. The molecule has 0 radical (unpaired) electrons. The zero-order valence-electron chi connectivity index (χ0n) is 33.7. The normalized spacial score (nSPS) is 56.8. The highest BCUT2D eigenvalue weighted by Gasteiger charge is 2.85. The van der Waals surface area contributed by atoms with Gasteiger partial charge in [-0.15, -0.1) is 0 Å². The molecule has 0 unspecified atom stereocenters. The second-order valence-electron chi connectivity index (χ2n) is 20.6. The molecule has 0 amide bonds. The minimum absolute atomic E-state index is 0.0527. The zero-order chi connectivity index (χ0) is 40.9. The van der Waals surface area contributed by atoms with Crippen molar-refractivity contribution in [2.24, 2.45) is 44.8 Å². The van der Waals surface area contributed by atoms with Crippen LogP contribution in [0.25, 0.3) is 0 Å². The Bertz CT molecular complexity index is 1550. The van der Waals surface area contributed by atoms with Gasteiger partial charge >= 0.3 is 0 Å². The van der Waals surface area contributed by atoms with E-state index in [0.29, 0.717) is 12.8 Å². The maximum absolute atomic E-state index is 12.9. The van der Waals surface area contributed by atoms with E-state index in [1.54, 1.807) is 0 Å². The maximum Gasteiger partial charge on any atom is 0.196 e. The van der Waals surface area contributed by atoms with E-state index >= 15 is 0 Å². The molecule has 3 aliphatic heterocycles. The number of hydrogen-bond donors (Lipinski definition) is 10. The third-order valence-electron chi connectivity index (χ3n) is 17.1. The quantitative estimate of drug-likeness (QED) is 0.150. The highest BCUT2D eigenvalue weighted by molar-refractivity contribution is 5.47. The van der Waals surface area contributed by atoms with Crippen LogP contribution in [0.5, 0.6) is 0 Å². The lowest BCUT2D eigenvalue weighted by Gasteiger charge is -2.60. The second kappa shape index (κ2) is 13.3. The van der Waals surface area contributed by atoms with E-state index in [2.05, 4.69) is 33.8 Å². The third kappa shape index (κ3) is 5.43. The van der Waals surface area contributed by atoms with Crippen molar-refractivity contribution >= 4 is 0 Å². The first kappa shape index (κ1) is 41.9. The van der Waals surface area contributed by atoms with Gasteiger partial charge in [-0.1, -0.05) is 46.3 Å². The Balaban J connectivity index is 1.07. The van der Waals surface area contributed by atoms with Crippen LogP contribution in [0.15, 0.2) is 11.6 Å². The lowest BCUT2D eigenvalue weighted by molar-refractivity contribution is -0.369. The van der Waals surface area contributed by atoms with Gasteiger partial charge in [-0.3, -0.25) is 0 Å². The monoisotopic (exact) mass is 798 g/mol. The van der Waals surface area contributed by atoms with E-state index in [4.69, 9.17) is 23.7 Å². The summed E-state index contributed by atoms with van der Waals surface area (Å²) in [6.45, 7) is 12.9. The Morgan fingerprint density at radius 2 is 1.59 bits per heavy atom. The molecule has 4 saturated carbocycles. The summed E-state index contributed by atoms with van der Waals surface area (Å²) in [6, 6.07) is 0. The van der Waals surface area contributed by atoms with E-state index in [-0.39, 0.29) is 40.8 Å². The van der Waals surface area contributed by atoms with Gasteiger partial charge in [-0.2, -0.15) is 0 Å². The van der Waals surface area contributed by atoms with E-state index in [1.807, 2.05) is 6.92 Å². The molecule has 3 heterocycles. The zero-order valence-corrected chi connectivity index (χ0v) is 33.7. The smallest absolute Gasteiger partial charge is 0.196 e. The molecule has 0 bridgehead atoms. The van der Waals surface area contributed by atoms with E-state index in [1.165, 1.54) is 19.4 Å². The van der Waals surface area contributed by atoms with Crippen molar-refractivity contribution in [3.05, 3.63) is 11.6 Å². The minimum Gasteiger partial charge on any atom is -0.394 e. The molecule has 21 atom stereocenters. The fraction of sp³-hybridized carbons (Fsp3) is 0.951. The SMILES string of the molecule is C[C@@H]1C[C@H]([C@@H](O[C@@H]2O[C@H](CO)[C@@H](O)[C@H](O)[C@H]2O)C(C)(C)O)O[C@]2(O)[C@H]1[C@@]1(C)CC[C@@]34C[C@@]35CC[C@H](O[C@@H]3OC[C@@H](O)[C@H](O)[C@H]3O)C(C)(C)[C@@H]5CC=C4[C@]1(C)[C@H]2O. The Hall–Kier alpha value is -0.860. The van der Waals surface area contributed by atoms with Crippen LogP contribution < -0.4 is 0 Å². The van der Waals surface area contributed by atoms with Crippen molar-refractivity contribution < 1.29 is 74.7 Å². The number of fused-ring (bicyclic) bond motifs is 4. The first-order chi connectivity index (χ1) is 26.0. The number of rotatable bonds is 7. The van der Waals surface area contributed by atoms with Crippen molar-refractivity contribution in [1.29, 1.82) is 0 Å². The summed E-state index contributed by atoms with van der Waals surface area (Å²) in [5.74, 6) is -2.52. The molecule has 2 spiro atoms. The van der Waals surface area contributed by atoms with Crippen LogP contribution in [0, 0.1) is 44.8 Å². The molecule has 8 aliphatic rings. The molecule has 56 heavy (non-hydrogen) atoms. The number of ether oxygens (including phenoxy) is 5. The summed E-state index contributed by atoms with van der Waals surface area (Å²) in [7, 11) is 0. The number of aliphatic hydroxyl groups is 10. The van der Waals surface area contributed by atoms with Crippen molar-refractivity contribution in [1.82, 2.24) is 0 Å².